The second kappa shape index (κ2) is 23.1. The number of halogens is 4. The highest BCUT2D eigenvalue weighted by atomic mass is 19.1. The molecular formula is C58H86F4N6. The van der Waals surface area contributed by atoms with Gasteiger partial charge in [-0.3, -0.25) is 0 Å². The Morgan fingerprint density at radius 2 is 0.912 bits per heavy atom. The molecule has 0 radical (unpaired) electrons. The van der Waals surface area contributed by atoms with Gasteiger partial charge >= 0.3 is 0 Å². The van der Waals surface area contributed by atoms with Crippen LogP contribution in [0.1, 0.15) is 131 Å². The average Bonchev–Trinajstić information content (AvgIpc) is 4.21. The molecule has 2 N–H and O–H groups in total. The number of benzene rings is 4. The van der Waals surface area contributed by atoms with Crippen LogP contribution in [0.15, 0.2) is 72.8 Å². The molecule has 6 nitrogen and oxygen atoms in total. The van der Waals surface area contributed by atoms with E-state index < -0.39 is 0 Å². The zero-order valence-electron chi connectivity index (χ0n) is 44.3. The number of hydrogen-bond acceptors (Lipinski definition) is 6. The fraction of sp³-hybridized carbons (Fsp3) is 0.586. The lowest BCUT2D eigenvalue weighted by Gasteiger charge is -2.35. The van der Waals surface area contributed by atoms with E-state index in [9.17, 15) is 17.6 Å². The SMILES string of the molecule is CC(C)(C)c1ccc(F)c(N2CCNCC2)c1.CC(C)(C)c1ccc(F)c(NCC2CC2)c1.CN(CC1CC1)c1cc(C(C)(C)C)ccc1F.CN1CCN(c2cc(C(C)(C)C)ccc2F)CC1. The molecule has 0 bridgehead atoms. The number of nitrogens with zero attached hydrogens (tertiary/aromatic N) is 4. The number of anilines is 4. The van der Waals surface area contributed by atoms with E-state index >= 15 is 0 Å². The molecule has 4 fully saturated rings. The molecule has 0 amide bonds. The summed E-state index contributed by atoms with van der Waals surface area (Å²) >= 11 is 0. The van der Waals surface area contributed by atoms with E-state index in [1.165, 1.54) is 47.9 Å². The highest BCUT2D eigenvalue weighted by Crippen LogP contribution is 2.35. The second-order valence-corrected chi connectivity index (χ2v) is 23.9. The largest absolute Gasteiger partial charge is 0.382 e. The van der Waals surface area contributed by atoms with Gasteiger partial charge in [0.15, 0.2) is 0 Å². The van der Waals surface area contributed by atoms with Crippen molar-refractivity contribution in [3.05, 3.63) is 118 Å². The smallest absolute Gasteiger partial charge is 0.146 e. The zero-order chi connectivity index (χ0) is 50.2. The Hall–Kier alpha value is -4.28. The van der Waals surface area contributed by atoms with Gasteiger partial charge in [-0.05, 0) is 137 Å². The van der Waals surface area contributed by atoms with E-state index in [-0.39, 0.29) is 44.9 Å². The minimum Gasteiger partial charge on any atom is -0.382 e. The molecule has 4 aliphatic rings. The molecule has 0 spiro atoms. The van der Waals surface area contributed by atoms with Crippen LogP contribution in [-0.4, -0.2) is 84.4 Å². The summed E-state index contributed by atoms with van der Waals surface area (Å²) in [6.45, 7) is 35.2. The normalized spacial score (nSPS) is 17.0. The summed E-state index contributed by atoms with van der Waals surface area (Å²) in [5, 5.41) is 6.50. The number of piperazine rings is 2. The van der Waals surface area contributed by atoms with Crippen molar-refractivity contribution < 1.29 is 17.6 Å². The van der Waals surface area contributed by atoms with Crippen LogP contribution in [0.25, 0.3) is 0 Å². The van der Waals surface area contributed by atoms with Crippen LogP contribution < -0.4 is 25.3 Å². The van der Waals surface area contributed by atoms with Gasteiger partial charge in [0.2, 0.25) is 0 Å². The topological polar surface area (TPSA) is 37.0 Å². The van der Waals surface area contributed by atoms with Crippen LogP contribution in [0.3, 0.4) is 0 Å². The molecule has 2 aliphatic carbocycles. The molecule has 0 aromatic heterocycles. The maximum absolute atomic E-state index is 14.0. The summed E-state index contributed by atoms with van der Waals surface area (Å²) in [6, 6.07) is 21.9. The van der Waals surface area contributed by atoms with Gasteiger partial charge in [0.1, 0.15) is 23.3 Å². The summed E-state index contributed by atoms with van der Waals surface area (Å²) in [5.74, 6) is 1.07. The van der Waals surface area contributed by atoms with Gasteiger partial charge in [0.25, 0.3) is 0 Å². The Labute approximate surface area is 409 Å². The quantitative estimate of drug-likeness (QED) is 0.172. The third kappa shape index (κ3) is 16.7. The van der Waals surface area contributed by atoms with Gasteiger partial charge < -0.3 is 30.2 Å². The van der Waals surface area contributed by atoms with Gasteiger partial charge in [0, 0.05) is 72.5 Å². The molecule has 376 valence electrons. The van der Waals surface area contributed by atoms with Gasteiger partial charge in [-0.1, -0.05) is 107 Å². The van der Waals surface area contributed by atoms with Crippen LogP contribution in [0.4, 0.5) is 40.3 Å². The zero-order valence-corrected chi connectivity index (χ0v) is 44.3. The maximum Gasteiger partial charge on any atom is 0.146 e. The highest BCUT2D eigenvalue weighted by Gasteiger charge is 2.26. The Balaban J connectivity index is 0.000000170. The van der Waals surface area contributed by atoms with Crippen molar-refractivity contribution in [2.75, 3.05) is 99.6 Å². The lowest BCUT2D eigenvalue weighted by molar-refractivity contribution is 0.311. The van der Waals surface area contributed by atoms with Crippen molar-refractivity contribution in [2.24, 2.45) is 11.8 Å². The third-order valence-electron chi connectivity index (χ3n) is 13.5. The van der Waals surface area contributed by atoms with Gasteiger partial charge in [0.05, 0.1) is 22.7 Å². The third-order valence-corrected chi connectivity index (χ3v) is 13.5. The first kappa shape index (κ1) is 54.7. The monoisotopic (exact) mass is 943 g/mol. The minimum atomic E-state index is -0.145. The molecule has 0 unspecified atom stereocenters. The predicted octanol–water partition coefficient (Wildman–Crippen LogP) is 13.3. The fourth-order valence-corrected chi connectivity index (χ4v) is 8.16. The van der Waals surface area contributed by atoms with Crippen molar-refractivity contribution >= 4 is 22.7 Å². The van der Waals surface area contributed by atoms with Crippen molar-refractivity contribution in [1.82, 2.24) is 10.2 Å². The lowest BCUT2D eigenvalue weighted by atomic mass is 9.86. The van der Waals surface area contributed by atoms with Crippen LogP contribution >= 0.6 is 0 Å². The minimum absolute atomic E-state index is 0.0645. The van der Waals surface area contributed by atoms with Crippen molar-refractivity contribution in [3.8, 4) is 0 Å². The van der Waals surface area contributed by atoms with E-state index in [4.69, 9.17) is 0 Å². The standard InChI is InChI=1S/C15H23FN2.C15H22FN.C14H21FN2.C14H20FN/c1-15(2,3)12-5-6-13(16)14(11-12)18-9-7-17(4)8-10-18;1-15(2,3)12-7-8-13(16)14(9-12)17(4)10-11-5-6-11;1-14(2,3)11-4-5-12(15)13(10-11)17-8-6-16-7-9-17;1-14(2,3)11-6-7-12(15)13(8-11)16-9-10-4-5-10/h5-6,11H,7-10H2,1-4H3;7-9,11H,5-6,10H2,1-4H3;4-5,10,16H,6-9H2,1-3H3;6-8,10,16H,4-5,9H2,1-3H3. The summed E-state index contributed by atoms with van der Waals surface area (Å²) in [5.41, 5.74) is 7.92. The molecule has 0 atom stereocenters. The molecule has 68 heavy (non-hydrogen) atoms. The Morgan fingerprint density at radius 3 is 1.35 bits per heavy atom. The number of rotatable bonds is 8. The summed E-state index contributed by atoms with van der Waals surface area (Å²) in [6.07, 6.45) is 5.16. The average molecular weight is 943 g/mol. The first-order valence-corrected chi connectivity index (χ1v) is 25.2. The van der Waals surface area contributed by atoms with E-state index in [0.717, 1.165) is 94.3 Å². The van der Waals surface area contributed by atoms with Gasteiger partial charge in [-0.2, -0.15) is 0 Å². The summed E-state index contributed by atoms with van der Waals surface area (Å²) in [7, 11) is 4.10. The lowest BCUT2D eigenvalue weighted by Crippen LogP contribution is -2.44. The summed E-state index contributed by atoms with van der Waals surface area (Å²) in [4.78, 5) is 8.62. The van der Waals surface area contributed by atoms with Crippen LogP contribution in [-0.2, 0) is 21.7 Å². The molecule has 8 rings (SSSR count). The van der Waals surface area contributed by atoms with Crippen LogP contribution in [0.2, 0.25) is 0 Å². The second-order valence-electron chi connectivity index (χ2n) is 23.9. The molecular weight excluding hydrogens is 857 g/mol. The first-order valence-electron chi connectivity index (χ1n) is 25.2. The van der Waals surface area contributed by atoms with Gasteiger partial charge in [-0.25, -0.2) is 17.6 Å². The Bertz CT molecular complexity index is 2210. The van der Waals surface area contributed by atoms with E-state index in [1.54, 1.807) is 24.3 Å². The van der Waals surface area contributed by atoms with E-state index in [2.05, 4.69) is 120 Å². The van der Waals surface area contributed by atoms with Crippen molar-refractivity contribution in [3.63, 3.8) is 0 Å². The molecule has 4 aromatic carbocycles. The van der Waals surface area contributed by atoms with Crippen molar-refractivity contribution in [1.29, 1.82) is 0 Å². The Morgan fingerprint density at radius 1 is 0.515 bits per heavy atom. The molecule has 2 saturated carbocycles. The summed E-state index contributed by atoms with van der Waals surface area (Å²) < 4.78 is 55.3. The first-order chi connectivity index (χ1) is 31.7. The predicted molar refractivity (Wildman–Crippen MR) is 282 cm³/mol. The van der Waals surface area contributed by atoms with Crippen molar-refractivity contribution in [2.45, 2.75) is 130 Å². The van der Waals surface area contributed by atoms with E-state index in [0.29, 0.717) is 5.69 Å². The number of hydrogen-bond donors (Lipinski definition) is 2. The number of likely N-dealkylation sites (N-methyl/N-ethyl adjacent to an activating group) is 1. The molecule has 2 saturated heterocycles. The molecule has 2 heterocycles. The number of nitrogens with one attached hydrogen (secondary N) is 2. The van der Waals surface area contributed by atoms with E-state index in [1.807, 2.05) is 55.6 Å². The van der Waals surface area contributed by atoms with Gasteiger partial charge in [-0.15, -0.1) is 0 Å². The van der Waals surface area contributed by atoms with Crippen LogP contribution in [0.5, 0.6) is 0 Å². The fourth-order valence-electron chi connectivity index (χ4n) is 8.16. The molecule has 2 aliphatic heterocycles. The Kier molecular flexibility index (Phi) is 18.6. The highest BCUT2D eigenvalue weighted by molar-refractivity contribution is 5.54. The maximum atomic E-state index is 14.0. The molecule has 4 aromatic rings. The molecule has 10 heteroatoms. The van der Waals surface area contributed by atoms with Crippen LogP contribution in [0, 0.1) is 35.1 Å².